The summed E-state index contributed by atoms with van der Waals surface area (Å²) in [5.74, 6) is 3.58. The Morgan fingerprint density at radius 3 is 2.41 bits per heavy atom. The van der Waals surface area contributed by atoms with E-state index in [1.165, 1.54) is 44.1 Å². The molecule has 0 radical (unpaired) electrons. The minimum Gasteiger partial charge on any atom is -0.353 e. The van der Waals surface area contributed by atoms with Crippen LogP contribution in [0.3, 0.4) is 0 Å². The summed E-state index contributed by atoms with van der Waals surface area (Å²) in [6.07, 6.45) is 9.88. The van der Waals surface area contributed by atoms with E-state index in [0.29, 0.717) is 16.9 Å². The van der Waals surface area contributed by atoms with Crippen molar-refractivity contribution in [2.45, 2.75) is 84.1 Å². The highest BCUT2D eigenvalue weighted by Gasteiger charge is 2.60. The van der Waals surface area contributed by atoms with Crippen molar-refractivity contribution >= 4 is 5.91 Å². The van der Waals surface area contributed by atoms with Crippen LogP contribution in [-0.2, 0) is 4.79 Å². The maximum absolute atomic E-state index is 12.0. The normalized spacial score (nSPS) is 46.2. The van der Waals surface area contributed by atoms with E-state index in [4.69, 9.17) is 0 Å². The average Bonchev–Trinajstić information content (AvgIpc) is 3.00. The summed E-state index contributed by atoms with van der Waals surface area (Å²) < 4.78 is 0. The first-order valence-corrected chi connectivity index (χ1v) is 11.3. The monoisotopic (exact) mass is 365 g/mol. The summed E-state index contributed by atoms with van der Waals surface area (Å²) in [6, 6.07) is 9.82. The van der Waals surface area contributed by atoms with E-state index < -0.39 is 0 Å². The van der Waals surface area contributed by atoms with Gasteiger partial charge in [0.05, 0.1) is 0 Å². The molecule has 3 saturated carbocycles. The van der Waals surface area contributed by atoms with Gasteiger partial charge in [0.2, 0.25) is 5.91 Å². The van der Waals surface area contributed by atoms with Crippen LogP contribution in [0.25, 0.3) is 0 Å². The van der Waals surface area contributed by atoms with Crippen LogP contribution in [0.4, 0.5) is 0 Å². The van der Waals surface area contributed by atoms with Gasteiger partial charge in [-0.05, 0) is 91.9 Å². The maximum atomic E-state index is 12.0. The van der Waals surface area contributed by atoms with Crippen LogP contribution in [0.1, 0.15) is 82.3 Å². The van der Waals surface area contributed by atoms with Crippen LogP contribution in [0.15, 0.2) is 24.3 Å². The lowest BCUT2D eigenvalue weighted by Gasteiger charge is -2.60. The van der Waals surface area contributed by atoms with Gasteiger partial charge in [0.1, 0.15) is 0 Å². The zero-order chi connectivity index (χ0) is 18.8. The molecule has 1 aliphatic heterocycles. The number of hydrogen-bond donors (Lipinski definition) is 1. The van der Waals surface area contributed by atoms with Crippen molar-refractivity contribution in [1.82, 2.24) is 5.32 Å². The minimum absolute atomic E-state index is 0.289. The molecule has 2 unspecified atom stereocenters. The number of benzene rings is 1. The molecule has 0 spiro atoms. The molecule has 1 aromatic rings. The standard InChI is InChI=1S/C25H35NO/c1-16-4-6-17(7-5-16)19-9-10-20-18-8-11-22-25(3,15-13-23(27)26-22)21(18)12-14-24(19,20)2/h4-7,18-22H,8-15H2,1-3H3,(H,26,27)/t18-,19?,20-,21+,22?,24+,25+/m0/s1. The van der Waals surface area contributed by atoms with Crippen molar-refractivity contribution in [3.8, 4) is 0 Å². The summed E-state index contributed by atoms with van der Waals surface area (Å²) >= 11 is 0. The third kappa shape index (κ3) is 2.54. The van der Waals surface area contributed by atoms with Crippen molar-refractivity contribution in [1.29, 1.82) is 0 Å². The van der Waals surface area contributed by atoms with Crippen LogP contribution in [0.5, 0.6) is 0 Å². The Morgan fingerprint density at radius 1 is 0.889 bits per heavy atom. The Morgan fingerprint density at radius 2 is 1.63 bits per heavy atom. The summed E-state index contributed by atoms with van der Waals surface area (Å²) in [5.41, 5.74) is 3.75. The van der Waals surface area contributed by atoms with Gasteiger partial charge in [-0.15, -0.1) is 0 Å². The van der Waals surface area contributed by atoms with E-state index in [1.54, 1.807) is 5.56 Å². The molecule has 0 aromatic heterocycles. The molecule has 2 heteroatoms. The largest absolute Gasteiger partial charge is 0.353 e. The first kappa shape index (κ1) is 17.8. The zero-order valence-corrected chi connectivity index (χ0v) is 17.3. The molecule has 5 rings (SSSR count). The molecule has 1 amide bonds. The minimum atomic E-state index is 0.289. The summed E-state index contributed by atoms with van der Waals surface area (Å²) in [5, 5.41) is 3.36. The third-order valence-corrected chi connectivity index (χ3v) is 9.57. The number of nitrogens with one attached hydrogen (secondary N) is 1. The molecule has 4 aliphatic rings. The molecular weight excluding hydrogens is 330 g/mol. The number of carbonyl (C=O) groups is 1. The van der Waals surface area contributed by atoms with E-state index in [0.717, 1.165) is 36.5 Å². The van der Waals surface area contributed by atoms with Gasteiger partial charge in [0.25, 0.3) is 0 Å². The zero-order valence-electron chi connectivity index (χ0n) is 17.3. The smallest absolute Gasteiger partial charge is 0.220 e. The highest BCUT2D eigenvalue weighted by molar-refractivity contribution is 5.77. The number of rotatable bonds is 1. The van der Waals surface area contributed by atoms with Crippen molar-refractivity contribution in [2.24, 2.45) is 28.6 Å². The maximum Gasteiger partial charge on any atom is 0.220 e. The molecule has 1 heterocycles. The number of carbonyl (C=O) groups excluding carboxylic acids is 1. The lowest BCUT2D eigenvalue weighted by Crippen LogP contribution is -2.60. The van der Waals surface area contributed by atoms with Crippen molar-refractivity contribution in [2.75, 3.05) is 0 Å². The molecule has 1 aromatic carbocycles. The van der Waals surface area contributed by atoms with E-state index >= 15 is 0 Å². The molecule has 2 nitrogen and oxygen atoms in total. The highest BCUT2D eigenvalue weighted by Crippen LogP contribution is 2.67. The highest BCUT2D eigenvalue weighted by atomic mass is 16.1. The molecule has 0 bridgehead atoms. The van der Waals surface area contributed by atoms with Crippen LogP contribution in [0.2, 0.25) is 0 Å². The number of aryl methyl sites for hydroxylation is 1. The van der Waals surface area contributed by atoms with E-state index in [-0.39, 0.29) is 5.91 Å². The van der Waals surface area contributed by atoms with Gasteiger partial charge in [-0.2, -0.15) is 0 Å². The average molecular weight is 366 g/mol. The lowest BCUT2D eigenvalue weighted by molar-refractivity contribution is -0.136. The molecule has 4 fully saturated rings. The van der Waals surface area contributed by atoms with E-state index in [9.17, 15) is 4.79 Å². The molecule has 1 N–H and O–H groups in total. The Bertz CT molecular complexity index is 739. The van der Waals surface area contributed by atoms with Gasteiger partial charge >= 0.3 is 0 Å². The van der Waals surface area contributed by atoms with Crippen LogP contribution >= 0.6 is 0 Å². The second-order valence-corrected chi connectivity index (χ2v) is 10.7. The van der Waals surface area contributed by atoms with E-state index in [1.807, 2.05) is 0 Å². The van der Waals surface area contributed by atoms with Crippen molar-refractivity contribution in [3.05, 3.63) is 35.4 Å². The first-order valence-electron chi connectivity index (χ1n) is 11.3. The van der Waals surface area contributed by atoms with Gasteiger partial charge in [-0.25, -0.2) is 0 Å². The molecule has 27 heavy (non-hydrogen) atoms. The van der Waals surface area contributed by atoms with Crippen LogP contribution in [-0.4, -0.2) is 11.9 Å². The fraction of sp³-hybridized carbons (Fsp3) is 0.720. The molecular formula is C25H35NO. The molecule has 146 valence electrons. The second-order valence-electron chi connectivity index (χ2n) is 10.7. The third-order valence-electron chi connectivity index (χ3n) is 9.57. The molecule has 7 atom stereocenters. The van der Waals surface area contributed by atoms with Crippen LogP contribution < -0.4 is 5.32 Å². The fourth-order valence-corrected chi connectivity index (χ4v) is 8.05. The number of fused-ring (bicyclic) bond motifs is 5. The quantitative estimate of drug-likeness (QED) is 0.689. The molecule has 3 aliphatic carbocycles. The van der Waals surface area contributed by atoms with Crippen LogP contribution in [0, 0.1) is 35.5 Å². The van der Waals surface area contributed by atoms with Gasteiger partial charge in [0, 0.05) is 12.5 Å². The Balaban J connectivity index is 1.43. The summed E-state index contributed by atoms with van der Waals surface area (Å²) in [6.45, 7) is 7.31. The Labute approximate surface area is 164 Å². The number of hydrogen-bond acceptors (Lipinski definition) is 1. The topological polar surface area (TPSA) is 29.1 Å². The van der Waals surface area contributed by atoms with E-state index in [2.05, 4.69) is 50.4 Å². The fourth-order valence-electron chi connectivity index (χ4n) is 8.05. The Kier molecular flexibility index (Phi) is 4.01. The van der Waals surface area contributed by atoms with Gasteiger partial charge in [-0.3, -0.25) is 4.79 Å². The lowest BCUT2D eigenvalue weighted by atomic mass is 9.47. The number of piperidine rings is 1. The summed E-state index contributed by atoms with van der Waals surface area (Å²) in [7, 11) is 0. The first-order chi connectivity index (χ1) is 12.9. The van der Waals surface area contributed by atoms with Crippen molar-refractivity contribution < 1.29 is 4.79 Å². The molecule has 1 saturated heterocycles. The van der Waals surface area contributed by atoms with Gasteiger partial charge in [0.15, 0.2) is 0 Å². The predicted molar refractivity (Wildman–Crippen MR) is 109 cm³/mol. The summed E-state index contributed by atoms with van der Waals surface area (Å²) in [4.78, 5) is 12.0. The number of amides is 1. The second kappa shape index (κ2) is 6.09. The van der Waals surface area contributed by atoms with Gasteiger partial charge < -0.3 is 5.32 Å². The SMILES string of the molecule is Cc1ccc(C2CC[C@H]3[C@@H]4CCC5NC(=O)CC[C@]5(C)[C@@H]4CC[C@]23C)cc1. The Hall–Kier alpha value is -1.31. The van der Waals surface area contributed by atoms with Crippen molar-refractivity contribution in [3.63, 3.8) is 0 Å². The van der Waals surface area contributed by atoms with Gasteiger partial charge in [-0.1, -0.05) is 43.7 Å². The predicted octanol–water partition coefficient (Wildman–Crippen LogP) is 5.60.